The van der Waals surface area contributed by atoms with Crippen molar-refractivity contribution in [3.63, 3.8) is 0 Å². The Kier molecular flexibility index (Phi) is 3.55. The fourth-order valence-electron chi connectivity index (χ4n) is 2.38. The maximum atomic E-state index is 13.5. The SMILES string of the molecule is Fc1ccccc1Cc1nnc(C2CCNCC2)o1. The van der Waals surface area contributed by atoms with Crippen molar-refractivity contribution in [3.8, 4) is 0 Å². The van der Waals surface area contributed by atoms with Crippen molar-refractivity contribution >= 4 is 0 Å². The summed E-state index contributed by atoms with van der Waals surface area (Å²) < 4.78 is 19.2. The molecular formula is C14H16FN3O. The van der Waals surface area contributed by atoms with Gasteiger partial charge in [0, 0.05) is 5.92 Å². The van der Waals surface area contributed by atoms with E-state index in [1.807, 2.05) is 6.07 Å². The minimum Gasteiger partial charge on any atom is -0.425 e. The van der Waals surface area contributed by atoms with E-state index in [4.69, 9.17) is 4.42 Å². The lowest BCUT2D eigenvalue weighted by Crippen LogP contribution is -2.26. The van der Waals surface area contributed by atoms with Crippen molar-refractivity contribution in [2.75, 3.05) is 13.1 Å². The molecule has 1 aliphatic heterocycles. The lowest BCUT2D eigenvalue weighted by Gasteiger charge is -2.18. The van der Waals surface area contributed by atoms with Crippen LogP contribution in [0.2, 0.25) is 0 Å². The quantitative estimate of drug-likeness (QED) is 0.920. The van der Waals surface area contributed by atoms with Gasteiger partial charge in [0.25, 0.3) is 0 Å². The summed E-state index contributed by atoms with van der Waals surface area (Å²) in [6.07, 6.45) is 2.38. The molecule has 0 atom stereocenters. The third-order valence-electron chi connectivity index (χ3n) is 3.47. The monoisotopic (exact) mass is 261 g/mol. The van der Waals surface area contributed by atoms with Crippen molar-refractivity contribution in [2.24, 2.45) is 0 Å². The normalized spacial score (nSPS) is 16.7. The third-order valence-corrected chi connectivity index (χ3v) is 3.47. The van der Waals surface area contributed by atoms with Gasteiger partial charge in [0.1, 0.15) is 5.82 Å². The van der Waals surface area contributed by atoms with Crippen LogP contribution in [0.15, 0.2) is 28.7 Å². The van der Waals surface area contributed by atoms with Gasteiger partial charge in [-0.15, -0.1) is 10.2 Å². The Hall–Kier alpha value is -1.75. The molecule has 0 amide bonds. The first-order valence-corrected chi connectivity index (χ1v) is 6.59. The number of benzene rings is 1. The number of hydrogen-bond acceptors (Lipinski definition) is 4. The zero-order chi connectivity index (χ0) is 13.1. The molecule has 1 fully saturated rings. The highest BCUT2D eigenvalue weighted by Gasteiger charge is 2.21. The van der Waals surface area contributed by atoms with E-state index in [-0.39, 0.29) is 5.82 Å². The Balaban J connectivity index is 1.73. The van der Waals surface area contributed by atoms with Crippen molar-refractivity contribution in [1.82, 2.24) is 15.5 Å². The average molecular weight is 261 g/mol. The number of rotatable bonds is 3. The van der Waals surface area contributed by atoms with Crippen LogP contribution in [0, 0.1) is 5.82 Å². The molecule has 1 saturated heterocycles. The van der Waals surface area contributed by atoms with Crippen LogP contribution in [-0.2, 0) is 6.42 Å². The molecule has 100 valence electrons. The Morgan fingerprint density at radius 2 is 2.00 bits per heavy atom. The predicted octanol–water partition coefficient (Wildman–Crippen LogP) is 2.27. The Bertz CT molecular complexity index is 549. The van der Waals surface area contributed by atoms with Crippen molar-refractivity contribution in [2.45, 2.75) is 25.2 Å². The summed E-state index contributed by atoms with van der Waals surface area (Å²) in [5, 5.41) is 11.4. The van der Waals surface area contributed by atoms with Crippen LogP contribution in [0.1, 0.15) is 36.1 Å². The van der Waals surface area contributed by atoms with Crippen LogP contribution in [0.25, 0.3) is 0 Å². The summed E-state index contributed by atoms with van der Waals surface area (Å²) in [5.41, 5.74) is 0.586. The molecule has 0 spiro atoms. The van der Waals surface area contributed by atoms with Gasteiger partial charge in [-0.2, -0.15) is 0 Å². The minimum atomic E-state index is -0.232. The van der Waals surface area contributed by atoms with Crippen LogP contribution in [0.3, 0.4) is 0 Å². The fraction of sp³-hybridized carbons (Fsp3) is 0.429. The van der Waals surface area contributed by atoms with E-state index < -0.39 is 0 Å². The van der Waals surface area contributed by atoms with Crippen LogP contribution in [0.5, 0.6) is 0 Å². The molecule has 4 nitrogen and oxygen atoms in total. The zero-order valence-electron chi connectivity index (χ0n) is 10.6. The summed E-state index contributed by atoms with van der Waals surface area (Å²) >= 11 is 0. The van der Waals surface area contributed by atoms with E-state index in [1.165, 1.54) is 6.07 Å². The molecule has 0 unspecified atom stereocenters. The Labute approximate surface area is 111 Å². The molecule has 0 bridgehead atoms. The summed E-state index contributed by atoms with van der Waals surface area (Å²) in [7, 11) is 0. The number of nitrogens with one attached hydrogen (secondary N) is 1. The van der Waals surface area contributed by atoms with E-state index in [2.05, 4.69) is 15.5 Å². The second-order valence-corrected chi connectivity index (χ2v) is 4.83. The second-order valence-electron chi connectivity index (χ2n) is 4.83. The molecule has 5 heteroatoms. The first-order valence-electron chi connectivity index (χ1n) is 6.59. The summed E-state index contributed by atoms with van der Waals surface area (Å²) in [6.45, 7) is 1.96. The summed E-state index contributed by atoms with van der Waals surface area (Å²) in [5.74, 6) is 1.28. The topological polar surface area (TPSA) is 51.0 Å². The van der Waals surface area contributed by atoms with E-state index in [9.17, 15) is 4.39 Å². The molecule has 0 saturated carbocycles. The highest BCUT2D eigenvalue weighted by Crippen LogP contribution is 2.24. The molecule has 1 aromatic carbocycles. The first-order chi connectivity index (χ1) is 9.33. The maximum absolute atomic E-state index is 13.5. The van der Waals surface area contributed by atoms with E-state index in [0.717, 1.165) is 25.9 Å². The van der Waals surface area contributed by atoms with Crippen LogP contribution in [-0.4, -0.2) is 23.3 Å². The highest BCUT2D eigenvalue weighted by molar-refractivity contribution is 5.20. The lowest BCUT2D eigenvalue weighted by atomic mass is 9.98. The number of hydrogen-bond donors (Lipinski definition) is 1. The van der Waals surface area contributed by atoms with Gasteiger partial charge in [0.05, 0.1) is 6.42 Å². The second kappa shape index (κ2) is 5.48. The average Bonchev–Trinajstić information content (AvgIpc) is 2.91. The predicted molar refractivity (Wildman–Crippen MR) is 68.3 cm³/mol. The zero-order valence-corrected chi connectivity index (χ0v) is 10.6. The molecule has 0 radical (unpaired) electrons. The van der Waals surface area contributed by atoms with Gasteiger partial charge < -0.3 is 9.73 Å². The molecule has 0 aliphatic carbocycles. The van der Waals surface area contributed by atoms with Crippen molar-refractivity contribution in [1.29, 1.82) is 0 Å². The van der Waals surface area contributed by atoms with Gasteiger partial charge in [-0.05, 0) is 37.6 Å². The minimum absolute atomic E-state index is 0.232. The number of nitrogens with zero attached hydrogens (tertiary/aromatic N) is 2. The Morgan fingerprint density at radius 3 is 2.79 bits per heavy atom. The number of aromatic nitrogens is 2. The highest BCUT2D eigenvalue weighted by atomic mass is 19.1. The van der Waals surface area contributed by atoms with Gasteiger partial charge in [-0.25, -0.2) is 4.39 Å². The maximum Gasteiger partial charge on any atom is 0.221 e. The number of piperidine rings is 1. The molecule has 1 aliphatic rings. The largest absolute Gasteiger partial charge is 0.425 e. The molecule has 1 N–H and O–H groups in total. The van der Waals surface area contributed by atoms with E-state index in [0.29, 0.717) is 29.7 Å². The van der Waals surface area contributed by atoms with Gasteiger partial charge in [0.2, 0.25) is 11.8 Å². The van der Waals surface area contributed by atoms with Gasteiger partial charge in [-0.1, -0.05) is 18.2 Å². The Morgan fingerprint density at radius 1 is 1.21 bits per heavy atom. The van der Waals surface area contributed by atoms with Crippen molar-refractivity contribution in [3.05, 3.63) is 47.4 Å². The van der Waals surface area contributed by atoms with Gasteiger partial charge >= 0.3 is 0 Å². The molecule has 19 heavy (non-hydrogen) atoms. The van der Waals surface area contributed by atoms with E-state index in [1.54, 1.807) is 12.1 Å². The third kappa shape index (κ3) is 2.81. The number of halogens is 1. The van der Waals surface area contributed by atoms with Crippen molar-refractivity contribution < 1.29 is 8.81 Å². The fourth-order valence-corrected chi connectivity index (χ4v) is 2.38. The molecule has 2 aromatic rings. The smallest absolute Gasteiger partial charge is 0.221 e. The molecule has 3 rings (SSSR count). The van der Waals surface area contributed by atoms with Crippen LogP contribution in [0.4, 0.5) is 4.39 Å². The summed E-state index contributed by atoms with van der Waals surface area (Å²) in [6, 6.07) is 6.67. The standard InChI is InChI=1S/C14H16FN3O/c15-12-4-2-1-3-11(12)9-13-17-18-14(19-13)10-5-7-16-8-6-10/h1-4,10,16H,5-9H2. The van der Waals surface area contributed by atoms with E-state index >= 15 is 0 Å². The molecule has 1 aromatic heterocycles. The van der Waals surface area contributed by atoms with Crippen LogP contribution >= 0.6 is 0 Å². The van der Waals surface area contributed by atoms with Gasteiger partial charge in [-0.3, -0.25) is 0 Å². The summed E-state index contributed by atoms with van der Waals surface area (Å²) in [4.78, 5) is 0. The molecule has 2 heterocycles. The van der Waals surface area contributed by atoms with Crippen LogP contribution < -0.4 is 5.32 Å². The molecular weight excluding hydrogens is 245 g/mol. The van der Waals surface area contributed by atoms with Gasteiger partial charge in [0.15, 0.2) is 0 Å². The lowest BCUT2D eigenvalue weighted by molar-refractivity contribution is 0.362. The first kappa shape index (κ1) is 12.3.